The molecule has 2 unspecified atom stereocenters. The van der Waals surface area contributed by atoms with E-state index in [0.29, 0.717) is 6.42 Å². The Hall–Kier alpha value is -1.32. The molecule has 0 spiro atoms. The van der Waals surface area contributed by atoms with Crippen LogP contribution in [0.15, 0.2) is 11.6 Å². The second-order valence-corrected chi connectivity index (χ2v) is 4.95. The molecular weight excluding hydrogens is 206 g/mol. The number of carboxylic acid groups (broad SMARTS) is 1. The van der Waals surface area contributed by atoms with Gasteiger partial charge in [-0.2, -0.15) is 0 Å². The van der Waals surface area contributed by atoms with Crippen LogP contribution in [0, 0.1) is 17.3 Å². The monoisotopic (exact) mass is 225 g/mol. The molecule has 1 amide bonds. The number of amides is 1. The van der Waals surface area contributed by atoms with Gasteiger partial charge in [0.25, 0.3) is 0 Å². The summed E-state index contributed by atoms with van der Waals surface area (Å²) in [6, 6.07) is 0. The molecule has 0 heterocycles. The minimum absolute atomic E-state index is 0.118. The van der Waals surface area contributed by atoms with Crippen molar-refractivity contribution in [2.24, 2.45) is 23.0 Å². The lowest BCUT2D eigenvalue weighted by atomic mass is 9.62. The molecule has 4 nitrogen and oxygen atoms in total. The molecule has 0 aromatic heterocycles. The molecule has 0 aromatic rings. The number of carbonyl (C=O) groups is 2. The summed E-state index contributed by atoms with van der Waals surface area (Å²) in [7, 11) is 0. The molecule has 0 saturated carbocycles. The van der Waals surface area contributed by atoms with E-state index in [1.807, 2.05) is 26.8 Å². The average molecular weight is 225 g/mol. The largest absolute Gasteiger partial charge is 0.480 e. The molecule has 1 aliphatic rings. The predicted molar refractivity (Wildman–Crippen MR) is 60.6 cm³/mol. The quantitative estimate of drug-likeness (QED) is 0.565. The number of carbonyl (C=O) groups excluding carboxylic acids is 1. The van der Waals surface area contributed by atoms with Crippen molar-refractivity contribution in [3.05, 3.63) is 11.6 Å². The summed E-state index contributed by atoms with van der Waals surface area (Å²) < 4.78 is 0. The van der Waals surface area contributed by atoms with E-state index in [1.165, 1.54) is 0 Å². The Labute approximate surface area is 95.5 Å². The Morgan fingerprint density at radius 2 is 2.12 bits per heavy atom. The highest BCUT2D eigenvalue weighted by molar-refractivity contribution is 6.02. The van der Waals surface area contributed by atoms with Gasteiger partial charge >= 0.3 is 5.97 Å². The summed E-state index contributed by atoms with van der Waals surface area (Å²) in [5.74, 6) is -1.91. The van der Waals surface area contributed by atoms with Crippen LogP contribution < -0.4 is 5.73 Å². The predicted octanol–water partition coefficient (Wildman–Crippen LogP) is 1.55. The maximum absolute atomic E-state index is 11.6. The molecule has 4 heteroatoms. The van der Waals surface area contributed by atoms with Crippen LogP contribution in [0.2, 0.25) is 0 Å². The zero-order valence-electron chi connectivity index (χ0n) is 9.99. The van der Waals surface area contributed by atoms with Crippen LogP contribution in [0.4, 0.5) is 0 Å². The first-order chi connectivity index (χ1) is 7.32. The number of hydrogen-bond donors (Lipinski definition) is 2. The fraction of sp³-hybridized carbons (Fsp3) is 0.667. The van der Waals surface area contributed by atoms with Crippen molar-refractivity contribution >= 4 is 11.9 Å². The highest BCUT2D eigenvalue weighted by Crippen LogP contribution is 2.44. The molecule has 3 N–H and O–H groups in total. The first-order valence-electron chi connectivity index (χ1n) is 5.51. The molecule has 0 aliphatic heterocycles. The van der Waals surface area contributed by atoms with Gasteiger partial charge in [-0.15, -0.1) is 0 Å². The van der Waals surface area contributed by atoms with E-state index in [9.17, 15) is 14.7 Å². The third kappa shape index (κ3) is 1.84. The van der Waals surface area contributed by atoms with Crippen LogP contribution in [0.1, 0.15) is 33.6 Å². The van der Waals surface area contributed by atoms with Gasteiger partial charge in [0.15, 0.2) is 5.41 Å². The van der Waals surface area contributed by atoms with Gasteiger partial charge in [0, 0.05) is 0 Å². The molecule has 1 aliphatic carbocycles. The first-order valence-corrected chi connectivity index (χ1v) is 5.51. The summed E-state index contributed by atoms with van der Waals surface area (Å²) in [6.07, 6.45) is 2.66. The van der Waals surface area contributed by atoms with Gasteiger partial charge in [-0.1, -0.05) is 25.5 Å². The highest BCUT2D eigenvalue weighted by Gasteiger charge is 2.52. The Bertz CT molecular complexity index is 330. The Morgan fingerprint density at radius 3 is 2.50 bits per heavy atom. The second kappa shape index (κ2) is 4.28. The van der Waals surface area contributed by atoms with Gasteiger partial charge < -0.3 is 10.8 Å². The number of hydrogen-bond acceptors (Lipinski definition) is 2. The summed E-state index contributed by atoms with van der Waals surface area (Å²) in [5, 5.41) is 9.33. The van der Waals surface area contributed by atoms with Gasteiger partial charge in [0.2, 0.25) is 5.91 Å². The van der Waals surface area contributed by atoms with Crippen molar-refractivity contribution in [1.82, 2.24) is 0 Å². The fourth-order valence-corrected chi connectivity index (χ4v) is 2.53. The van der Waals surface area contributed by atoms with Gasteiger partial charge in [-0.25, -0.2) is 0 Å². The Morgan fingerprint density at radius 1 is 1.56 bits per heavy atom. The standard InChI is InChI=1S/C12H19NO3/c1-7(2)9-6-8(3)4-5-12(9,10(13)14)11(15)16/h4,7,9H,5-6H2,1-3H3,(H2,13,14)(H,15,16). The van der Waals surface area contributed by atoms with Crippen molar-refractivity contribution in [3.63, 3.8) is 0 Å². The van der Waals surface area contributed by atoms with E-state index in [4.69, 9.17) is 5.73 Å². The summed E-state index contributed by atoms with van der Waals surface area (Å²) in [4.78, 5) is 23.0. The zero-order chi connectivity index (χ0) is 12.5. The molecule has 90 valence electrons. The lowest BCUT2D eigenvalue weighted by Crippen LogP contribution is -2.52. The van der Waals surface area contributed by atoms with Crippen molar-refractivity contribution in [2.75, 3.05) is 0 Å². The Kier molecular flexibility index (Phi) is 3.41. The minimum atomic E-state index is -1.42. The topological polar surface area (TPSA) is 80.4 Å². The maximum Gasteiger partial charge on any atom is 0.319 e. The van der Waals surface area contributed by atoms with E-state index in [0.717, 1.165) is 5.57 Å². The summed E-state index contributed by atoms with van der Waals surface area (Å²) >= 11 is 0. The molecule has 0 aromatic carbocycles. The zero-order valence-corrected chi connectivity index (χ0v) is 9.99. The third-order valence-corrected chi connectivity index (χ3v) is 3.57. The SMILES string of the molecule is CC1=CCC(C(N)=O)(C(=O)O)C(C(C)C)C1. The molecule has 0 saturated heterocycles. The van der Waals surface area contributed by atoms with Gasteiger partial charge in [0.05, 0.1) is 0 Å². The molecule has 0 radical (unpaired) electrons. The van der Waals surface area contributed by atoms with Crippen LogP contribution in [-0.4, -0.2) is 17.0 Å². The highest BCUT2D eigenvalue weighted by atomic mass is 16.4. The van der Waals surface area contributed by atoms with E-state index in [1.54, 1.807) is 0 Å². The summed E-state index contributed by atoms with van der Waals surface area (Å²) in [5.41, 5.74) is 5.04. The first kappa shape index (κ1) is 12.7. The minimum Gasteiger partial charge on any atom is -0.480 e. The summed E-state index contributed by atoms with van der Waals surface area (Å²) in [6.45, 7) is 5.83. The number of carboxylic acids is 1. The smallest absolute Gasteiger partial charge is 0.319 e. The molecule has 16 heavy (non-hydrogen) atoms. The molecule has 0 fully saturated rings. The van der Waals surface area contributed by atoms with Crippen molar-refractivity contribution in [3.8, 4) is 0 Å². The normalized spacial score (nSPS) is 30.0. The lowest BCUT2D eigenvalue weighted by Gasteiger charge is -2.39. The van der Waals surface area contributed by atoms with Crippen LogP contribution >= 0.6 is 0 Å². The van der Waals surface area contributed by atoms with Gasteiger partial charge in [0.1, 0.15) is 0 Å². The number of aliphatic carboxylic acids is 1. The third-order valence-electron chi connectivity index (χ3n) is 3.57. The molecule has 2 atom stereocenters. The number of nitrogens with two attached hydrogens (primary N) is 1. The number of allylic oxidation sites excluding steroid dienone is 2. The number of rotatable bonds is 3. The van der Waals surface area contributed by atoms with Crippen molar-refractivity contribution in [1.29, 1.82) is 0 Å². The molecular formula is C12H19NO3. The van der Waals surface area contributed by atoms with Crippen LogP contribution in [0.3, 0.4) is 0 Å². The molecule has 0 bridgehead atoms. The van der Waals surface area contributed by atoms with Gasteiger partial charge in [-0.05, 0) is 31.6 Å². The lowest BCUT2D eigenvalue weighted by molar-refractivity contribution is -0.160. The van der Waals surface area contributed by atoms with Crippen LogP contribution in [-0.2, 0) is 9.59 Å². The van der Waals surface area contributed by atoms with E-state index in [2.05, 4.69) is 0 Å². The average Bonchev–Trinajstić information content (AvgIpc) is 2.16. The maximum atomic E-state index is 11.6. The fourth-order valence-electron chi connectivity index (χ4n) is 2.53. The van der Waals surface area contributed by atoms with Crippen molar-refractivity contribution < 1.29 is 14.7 Å². The number of primary amides is 1. The van der Waals surface area contributed by atoms with Crippen LogP contribution in [0.5, 0.6) is 0 Å². The molecule has 1 rings (SSSR count). The van der Waals surface area contributed by atoms with Crippen LogP contribution in [0.25, 0.3) is 0 Å². The second-order valence-electron chi connectivity index (χ2n) is 4.95. The van der Waals surface area contributed by atoms with Gasteiger partial charge in [-0.3, -0.25) is 9.59 Å². The van der Waals surface area contributed by atoms with Crippen molar-refractivity contribution in [2.45, 2.75) is 33.6 Å². The Balaban J connectivity index is 3.24. The van der Waals surface area contributed by atoms with E-state index < -0.39 is 17.3 Å². The van der Waals surface area contributed by atoms with E-state index >= 15 is 0 Å². The van der Waals surface area contributed by atoms with E-state index in [-0.39, 0.29) is 18.3 Å².